The summed E-state index contributed by atoms with van der Waals surface area (Å²) in [6.45, 7) is 6.17. The fraction of sp³-hybridized carbons (Fsp3) is 0.533. The van der Waals surface area contributed by atoms with Gasteiger partial charge in [-0.05, 0) is 36.7 Å². The van der Waals surface area contributed by atoms with Gasteiger partial charge >= 0.3 is 8.56 Å². The monoisotopic (exact) mass is 360 g/mol. The lowest BCUT2D eigenvalue weighted by molar-refractivity contribution is 0.155. The van der Waals surface area contributed by atoms with Gasteiger partial charge in [0.05, 0.1) is 10.0 Å². The van der Waals surface area contributed by atoms with Crippen LogP contribution in [0.2, 0.25) is 22.6 Å². The summed E-state index contributed by atoms with van der Waals surface area (Å²) >= 11 is 11.9. The van der Waals surface area contributed by atoms with E-state index in [1.807, 2.05) is 18.3 Å². The van der Waals surface area contributed by atoms with Gasteiger partial charge in [-0.25, -0.2) is 0 Å². The van der Waals surface area contributed by atoms with Crippen LogP contribution in [0.15, 0.2) is 23.2 Å². The van der Waals surface area contributed by atoms with Crippen LogP contribution in [0.5, 0.6) is 0 Å². The second-order valence-electron chi connectivity index (χ2n) is 5.39. The average Bonchev–Trinajstić information content (AvgIpc) is 2.47. The Balaban J connectivity index is 1.75. The van der Waals surface area contributed by atoms with Crippen molar-refractivity contribution < 1.29 is 8.85 Å². The Morgan fingerprint density at radius 1 is 1.23 bits per heavy atom. The van der Waals surface area contributed by atoms with Crippen molar-refractivity contribution >= 4 is 38.0 Å². The smallest absolute Gasteiger partial charge is 0.335 e. The molecule has 1 fully saturated rings. The molecule has 0 amide bonds. The summed E-state index contributed by atoms with van der Waals surface area (Å²) in [6, 6.07) is 6.47. The highest BCUT2D eigenvalue weighted by Gasteiger charge is 2.31. The molecule has 1 aliphatic heterocycles. The zero-order valence-electron chi connectivity index (χ0n) is 12.8. The van der Waals surface area contributed by atoms with E-state index in [1.54, 1.807) is 6.07 Å². The van der Waals surface area contributed by atoms with Crippen LogP contribution in [-0.2, 0) is 8.85 Å². The first kappa shape index (κ1) is 17.9. The SMILES string of the molecule is C[Si]1(CCCN=Cc2ccc(Cl)c(Cl)c2)OCCNCCO1. The van der Waals surface area contributed by atoms with Gasteiger partial charge < -0.3 is 14.2 Å². The standard InChI is InChI=1S/C15H22Cl2N2O2Si/c1-22(20-8-6-18-7-9-21-22)10-2-5-19-12-13-3-4-14(16)15(17)11-13/h3-4,11-12,18H,2,5-10H2,1H3. The molecule has 0 atom stereocenters. The fourth-order valence-electron chi connectivity index (χ4n) is 2.24. The van der Waals surface area contributed by atoms with Crippen LogP contribution >= 0.6 is 23.2 Å². The molecular weight excluding hydrogens is 339 g/mol. The maximum Gasteiger partial charge on any atom is 0.335 e. The van der Waals surface area contributed by atoms with E-state index in [4.69, 9.17) is 32.1 Å². The van der Waals surface area contributed by atoms with Crippen LogP contribution in [0.1, 0.15) is 12.0 Å². The second kappa shape index (κ2) is 9.01. The fourth-order valence-corrected chi connectivity index (χ4v) is 4.79. The summed E-state index contributed by atoms with van der Waals surface area (Å²) in [5, 5.41) is 4.37. The lowest BCUT2D eigenvalue weighted by Gasteiger charge is -2.29. The number of hydrogen-bond acceptors (Lipinski definition) is 4. The number of rotatable bonds is 5. The van der Waals surface area contributed by atoms with Crippen LogP contribution in [0.25, 0.3) is 0 Å². The van der Waals surface area contributed by atoms with Crippen LogP contribution in [0.4, 0.5) is 0 Å². The van der Waals surface area contributed by atoms with Gasteiger partial charge in [-0.3, -0.25) is 4.99 Å². The van der Waals surface area contributed by atoms with E-state index in [0.29, 0.717) is 10.0 Å². The third kappa shape index (κ3) is 5.99. The van der Waals surface area contributed by atoms with Gasteiger partial charge in [-0.1, -0.05) is 29.3 Å². The Morgan fingerprint density at radius 2 is 1.95 bits per heavy atom. The summed E-state index contributed by atoms with van der Waals surface area (Å²) < 4.78 is 11.9. The van der Waals surface area contributed by atoms with Gasteiger partial charge in [-0.2, -0.15) is 0 Å². The van der Waals surface area contributed by atoms with E-state index in [-0.39, 0.29) is 0 Å². The van der Waals surface area contributed by atoms with E-state index in [2.05, 4.69) is 16.9 Å². The van der Waals surface area contributed by atoms with Crippen LogP contribution < -0.4 is 5.32 Å². The maximum absolute atomic E-state index is 5.98. The molecule has 0 unspecified atom stereocenters. The Morgan fingerprint density at radius 3 is 2.64 bits per heavy atom. The van der Waals surface area contributed by atoms with Gasteiger partial charge in [0.25, 0.3) is 0 Å². The summed E-state index contributed by atoms with van der Waals surface area (Å²) in [4.78, 5) is 4.44. The molecule has 0 saturated carbocycles. The highest BCUT2D eigenvalue weighted by atomic mass is 35.5. The molecule has 1 aromatic carbocycles. The number of nitrogens with zero attached hydrogens (tertiary/aromatic N) is 1. The van der Waals surface area contributed by atoms with Crippen molar-refractivity contribution in [2.24, 2.45) is 4.99 Å². The second-order valence-corrected chi connectivity index (χ2v) is 9.55. The van der Waals surface area contributed by atoms with Gasteiger partial charge in [0.2, 0.25) is 0 Å². The molecule has 4 nitrogen and oxygen atoms in total. The molecule has 1 heterocycles. The Hall–Kier alpha value is -0.433. The van der Waals surface area contributed by atoms with E-state index >= 15 is 0 Å². The predicted molar refractivity (Wildman–Crippen MR) is 94.7 cm³/mol. The summed E-state index contributed by atoms with van der Waals surface area (Å²) in [6.07, 6.45) is 2.80. The van der Waals surface area contributed by atoms with Crippen molar-refractivity contribution in [1.29, 1.82) is 0 Å². The lowest BCUT2D eigenvalue weighted by Crippen LogP contribution is -2.45. The van der Waals surface area contributed by atoms with Gasteiger partial charge in [-0.15, -0.1) is 0 Å². The number of benzene rings is 1. The average molecular weight is 361 g/mol. The zero-order valence-corrected chi connectivity index (χ0v) is 15.3. The molecule has 1 aromatic rings. The highest BCUT2D eigenvalue weighted by molar-refractivity contribution is 6.66. The third-order valence-electron chi connectivity index (χ3n) is 3.47. The Bertz CT molecular complexity index is 506. The van der Waals surface area contributed by atoms with Gasteiger partial charge in [0.1, 0.15) is 0 Å². The molecule has 0 radical (unpaired) electrons. The highest BCUT2D eigenvalue weighted by Crippen LogP contribution is 2.22. The van der Waals surface area contributed by atoms with Crippen molar-refractivity contribution in [2.45, 2.75) is 19.0 Å². The van der Waals surface area contributed by atoms with Gasteiger partial charge in [0.15, 0.2) is 0 Å². The molecule has 1 saturated heterocycles. The molecule has 7 heteroatoms. The molecule has 22 heavy (non-hydrogen) atoms. The molecule has 1 aliphatic rings. The quantitative estimate of drug-likeness (QED) is 0.496. The summed E-state index contributed by atoms with van der Waals surface area (Å²) in [5.74, 6) is 0. The minimum Gasteiger partial charge on any atom is -0.393 e. The number of halogens is 2. The zero-order chi connectivity index (χ0) is 15.8. The number of nitrogens with one attached hydrogen (secondary N) is 1. The first-order chi connectivity index (χ1) is 10.6. The van der Waals surface area contributed by atoms with E-state index in [0.717, 1.165) is 50.9 Å². The van der Waals surface area contributed by atoms with Crippen LogP contribution in [0.3, 0.4) is 0 Å². The van der Waals surface area contributed by atoms with Crippen LogP contribution in [0, 0.1) is 0 Å². The maximum atomic E-state index is 5.98. The minimum absolute atomic E-state index is 0.551. The Kier molecular flexibility index (Phi) is 7.33. The first-order valence-electron chi connectivity index (χ1n) is 7.53. The van der Waals surface area contributed by atoms with Crippen molar-refractivity contribution in [3.05, 3.63) is 33.8 Å². The van der Waals surface area contributed by atoms with Gasteiger partial charge in [0, 0.05) is 39.1 Å². The molecular formula is C15H22Cl2N2O2Si. The Labute approximate surface area is 143 Å². The lowest BCUT2D eigenvalue weighted by atomic mass is 10.2. The molecule has 122 valence electrons. The molecule has 2 rings (SSSR count). The largest absolute Gasteiger partial charge is 0.393 e. The van der Waals surface area contributed by atoms with E-state index in [9.17, 15) is 0 Å². The van der Waals surface area contributed by atoms with E-state index < -0.39 is 8.56 Å². The van der Waals surface area contributed by atoms with Crippen LogP contribution in [-0.4, -0.2) is 47.6 Å². The molecule has 0 spiro atoms. The van der Waals surface area contributed by atoms with E-state index in [1.165, 1.54) is 0 Å². The summed E-state index contributed by atoms with van der Waals surface area (Å²) in [5.41, 5.74) is 0.961. The predicted octanol–water partition coefficient (Wildman–Crippen LogP) is 3.51. The minimum atomic E-state index is -2.02. The first-order valence-corrected chi connectivity index (χ1v) is 10.8. The molecule has 0 bridgehead atoms. The molecule has 0 aromatic heterocycles. The van der Waals surface area contributed by atoms with Crippen molar-refractivity contribution in [1.82, 2.24) is 5.32 Å². The molecule has 1 N–H and O–H groups in total. The van der Waals surface area contributed by atoms with Crippen molar-refractivity contribution in [3.63, 3.8) is 0 Å². The summed E-state index contributed by atoms with van der Waals surface area (Å²) in [7, 11) is -2.02. The van der Waals surface area contributed by atoms with Crippen molar-refractivity contribution in [2.75, 3.05) is 32.8 Å². The number of aliphatic imine (C=N–C) groups is 1. The molecule has 0 aliphatic carbocycles. The number of hydrogen-bond donors (Lipinski definition) is 1. The normalized spacial score (nSPS) is 19.0. The third-order valence-corrected chi connectivity index (χ3v) is 7.10. The topological polar surface area (TPSA) is 42.8 Å². The van der Waals surface area contributed by atoms with Crippen molar-refractivity contribution in [3.8, 4) is 0 Å².